The summed E-state index contributed by atoms with van der Waals surface area (Å²) < 4.78 is 17.1. The van der Waals surface area contributed by atoms with Crippen molar-refractivity contribution < 1.29 is 28.1 Å². The van der Waals surface area contributed by atoms with Crippen molar-refractivity contribution in [3.8, 4) is 0 Å². The molecule has 0 aliphatic rings. The van der Waals surface area contributed by atoms with Gasteiger partial charge in [-0.25, -0.2) is 4.79 Å². The van der Waals surface area contributed by atoms with E-state index in [1.807, 2.05) is 25.1 Å². The molecule has 0 fully saturated rings. The number of carbonyl (C=O) groups is 4. The molecule has 0 saturated heterocycles. The van der Waals surface area contributed by atoms with Gasteiger partial charge in [0.15, 0.2) is 0 Å². The highest BCUT2D eigenvalue weighted by Crippen LogP contribution is 2.23. The summed E-state index contributed by atoms with van der Waals surface area (Å²) in [6, 6.07) is 18.0. The van der Waals surface area contributed by atoms with Gasteiger partial charge in [-0.15, -0.1) is 0 Å². The van der Waals surface area contributed by atoms with Crippen molar-refractivity contribution in [3.63, 3.8) is 0 Å². The number of hydrogen-bond donors (Lipinski definition) is 4. The minimum Gasteiger partial charge on any atom is -0.469 e. The van der Waals surface area contributed by atoms with E-state index in [1.165, 1.54) is 20.3 Å². The quantitative estimate of drug-likeness (QED) is 0.271. The zero-order chi connectivity index (χ0) is 29.2. The topological polar surface area (TPSA) is 143 Å². The smallest absolute Gasteiger partial charge is 0.323 e. The van der Waals surface area contributed by atoms with Gasteiger partial charge in [-0.1, -0.05) is 36.4 Å². The summed E-state index contributed by atoms with van der Waals surface area (Å²) in [7, 11) is -0.147. The maximum Gasteiger partial charge on any atom is 0.323 e. The van der Waals surface area contributed by atoms with E-state index in [0.717, 1.165) is 5.56 Å². The Kier molecular flexibility index (Phi) is 10.5. The molecule has 0 aromatic heterocycles. The van der Waals surface area contributed by atoms with E-state index in [0.29, 0.717) is 33.1 Å². The van der Waals surface area contributed by atoms with Crippen LogP contribution in [0.1, 0.15) is 36.1 Å². The lowest BCUT2D eigenvalue weighted by molar-refractivity contribution is -0.141. The van der Waals surface area contributed by atoms with Crippen LogP contribution in [0.15, 0.2) is 71.6 Å². The van der Waals surface area contributed by atoms with E-state index in [-0.39, 0.29) is 24.7 Å². The highest BCUT2D eigenvalue weighted by molar-refractivity contribution is 7.84. The van der Waals surface area contributed by atoms with E-state index in [4.69, 9.17) is 4.74 Å². The Hall–Kier alpha value is -4.51. The van der Waals surface area contributed by atoms with Crippen molar-refractivity contribution in [1.29, 1.82) is 0 Å². The van der Waals surface area contributed by atoms with E-state index in [9.17, 15) is 23.4 Å². The molecule has 0 bridgehead atoms. The molecule has 1 unspecified atom stereocenters. The first kappa shape index (κ1) is 30.0. The second-order valence-electron chi connectivity index (χ2n) is 9.06. The van der Waals surface area contributed by atoms with Gasteiger partial charge in [-0.05, 0) is 53.9 Å². The molecule has 4 amide bonds. The van der Waals surface area contributed by atoms with Gasteiger partial charge in [0.25, 0.3) is 0 Å². The Morgan fingerprint density at radius 2 is 1.57 bits per heavy atom. The van der Waals surface area contributed by atoms with Crippen molar-refractivity contribution in [2.75, 3.05) is 29.3 Å². The van der Waals surface area contributed by atoms with Crippen molar-refractivity contribution in [1.82, 2.24) is 5.32 Å². The Bertz CT molecular complexity index is 1420. The minimum atomic E-state index is -1.42. The molecule has 210 valence electrons. The first-order chi connectivity index (χ1) is 19.0. The second-order valence-corrected chi connectivity index (χ2v) is 10.4. The van der Waals surface area contributed by atoms with Gasteiger partial charge in [0.1, 0.15) is 0 Å². The first-order valence-electron chi connectivity index (χ1n) is 12.4. The second kappa shape index (κ2) is 14.0. The Morgan fingerprint density at radius 1 is 0.900 bits per heavy atom. The molecule has 2 atom stereocenters. The molecule has 10 nitrogen and oxygen atoms in total. The molecule has 0 aliphatic carbocycles. The Morgan fingerprint density at radius 3 is 2.20 bits per heavy atom. The van der Waals surface area contributed by atoms with Gasteiger partial charge >= 0.3 is 12.0 Å². The number of urea groups is 1. The molecule has 11 heteroatoms. The van der Waals surface area contributed by atoms with Gasteiger partial charge in [0.2, 0.25) is 11.8 Å². The third-order valence-corrected chi connectivity index (χ3v) is 6.89. The molecule has 4 N–H and O–H groups in total. The van der Waals surface area contributed by atoms with Gasteiger partial charge in [0, 0.05) is 24.6 Å². The number of amides is 4. The van der Waals surface area contributed by atoms with Gasteiger partial charge < -0.3 is 26.0 Å². The molecule has 0 spiro atoms. The van der Waals surface area contributed by atoms with E-state index < -0.39 is 28.8 Å². The number of ether oxygens (including phenoxy) is 1. The largest absolute Gasteiger partial charge is 0.469 e. The fraction of sp³-hybridized carbons (Fsp3) is 0.241. The first-order valence-corrected chi connectivity index (χ1v) is 13.9. The molecular weight excluding hydrogens is 532 g/mol. The van der Waals surface area contributed by atoms with Crippen LogP contribution in [-0.2, 0) is 36.3 Å². The zero-order valence-electron chi connectivity index (χ0n) is 22.7. The molecule has 3 rings (SSSR count). The van der Waals surface area contributed by atoms with E-state index >= 15 is 0 Å². The fourth-order valence-corrected chi connectivity index (χ4v) is 4.69. The highest BCUT2D eigenvalue weighted by atomic mass is 32.2. The lowest BCUT2D eigenvalue weighted by Gasteiger charge is -2.17. The SMILES string of the molecule is COC(=O)C[C@@H](NC(C)=O)c1ccc(NC(=O)Cc2ccc(NC(=O)Nc3ccccc3C)c(S(C)=O)c2)cc1. The minimum absolute atomic E-state index is 0.0124. The van der Waals surface area contributed by atoms with Crippen molar-refractivity contribution in [2.24, 2.45) is 0 Å². The van der Waals surface area contributed by atoms with Crippen LogP contribution in [0.5, 0.6) is 0 Å². The van der Waals surface area contributed by atoms with Gasteiger partial charge in [-0.2, -0.15) is 0 Å². The van der Waals surface area contributed by atoms with E-state index in [1.54, 1.807) is 48.5 Å². The molecule has 3 aromatic carbocycles. The number of carbonyl (C=O) groups excluding carboxylic acids is 4. The third-order valence-electron chi connectivity index (χ3n) is 5.93. The monoisotopic (exact) mass is 564 g/mol. The van der Waals surface area contributed by atoms with Gasteiger partial charge in [-0.3, -0.25) is 18.6 Å². The lowest BCUT2D eigenvalue weighted by atomic mass is 10.0. The number of para-hydroxylation sites is 1. The lowest BCUT2D eigenvalue weighted by Crippen LogP contribution is -2.28. The van der Waals surface area contributed by atoms with Crippen LogP contribution < -0.4 is 21.3 Å². The van der Waals surface area contributed by atoms with Gasteiger partial charge in [0.05, 0.1) is 47.4 Å². The molecule has 40 heavy (non-hydrogen) atoms. The van der Waals surface area contributed by atoms with Crippen LogP contribution in [0.25, 0.3) is 0 Å². The molecule has 0 heterocycles. The average Bonchev–Trinajstić information content (AvgIpc) is 2.90. The summed E-state index contributed by atoms with van der Waals surface area (Å²) in [6.07, 6.45) is 1.49. The predicted octanol–water partition coefficient (Wildman–Crippen LogP) is 4.30. The van der Waals surface area contributed by atoms with Crippen LogP contribution in [0.2, 0.25) is 0 Å². The van der Waals surface area contributed by atoms with Crippen LogP contribution in [0.3, 0.4) is 0 Å². The van der Waals surface area contributed by atoms with Crippen molar-refractivity contribution in [2.45, 2.75) is 37.6 Å². The normalized spacial score (nSPS) is 12.0. The summed E-state index contributed by atoms with van der Waals surface area (Å²) in [4.78, 5) is 48.9. The number of nitrogens with one attached hydrogen (secondary N) is 4. The number of hydrogen-bond acceptors (Lipinski definition) is 6. The maximum atomic E-state index is 12.7. The van der Waals surface area contributed by atoms with Crippen molar-refractivity contribution in [3.05, 3.63) is 83.4 Å². The Balaban J connectivity index is 1.65. The summed E-state index contributed by atoms with van der Waals surface area (Å²) in [5.41, 5.74) is 3.78. The molecule has 0 aliphatic heterocycles. The summed E-state index contributed by atoms with van der Waals surface area (Å²) in [5.74, 6) is -1.05. The number of rotatable bonds is 10. The van der Waals surface area contributed by atoms with Crippen LogP contribution >= 0.6 is 0 Å². The van der Waals surface area contributed by atoms with Crippen LogP contribution in [-0.4, -0.2) is 41.4 Å². The summed E-state index contributed by atoms with van der Waals surface area (Å²) in [5, 5.41) is 11.0. The molecule has 3 aromatic rings. The number of benzene rings is 3. The molecule has 0 saturated carbocycles. The standard InChI is InChI=1S/C29H32N4O6S/c1-18-7-5-6-8-23(18)32-29(37)33-24-14-9-20(15-26(24)40(4)38)16-27(35)31-22-12-10-21(11-13-22)25(30-19(2)34)17-28(36)39-3/h5-15,25H,16-17H2,1-4H3,(H,30,34)(H,31,35)(H2,32,33,37)/t25-,40?/m1/s1. The maximum absolute atomic E-state index is 12.7. The molecular formula is C29H32N4O6S. The number of anilines is 3. The highest BCUT2D eigenvalue weighted by Gasteiger charge is 2.18. The third kappa shape index (κ3) is 8.77. The fourth-order valence-electron chi connectivity index (χ4n) is 3.94. The van der Waals surface area contributed by atoms with Crippen LogP contribution in [0.4, 0.5) is 21.9 Å². The number of methoxy groups -OCH3 is 1. The zero-order valence-corrected chi connectivity index (χ0v) is 23.5. The Labute approximate surface area is 235 Å². The van der Waals surface area contributed by atoms with E-state index in [2.05, 4.69) is 21.3 Å². The van der Waals surface area contributed by atoms with Crippen molar-refractivity contribution >= 4 is 51.7 Å². The summed E-state index contributed by atoms with van der Waals surface area (Å²) in [6.45, 7) is 3.24. The van der Waals surface area contributed by atoms with Crippen LogP contribution in [0, 0.1) is 6.92 Å². The predicted molar refractivity (Wildman–Crippen MR) is 155 cm³/mol. The average molecular weight is 565 g/mol. The number of aryl methyl sites for hydroxylation is 1. The summed E-state index contributed by atoms with van der Waals surface area (Å²) >= 11 is 0. The number of esters is 1. The molecule has 0 radical (unpaired) electrons.